The van der Waals surface area contributed by atoms with Gasteiger partial charge in [-0.2, -0.15) is 0 Å². The molecule has 2 unspecified atom stereocenters. The van der Waals surface area contributed by atoms with Crippen LogP contribution < -0.4 is 0 Å². The van der Waals surface area contributed by atoms with Gasteiger partial charge in [-0.1, -0.05) is 164 Å². The van der Waals surface area contributed by atoms with E-state index < -0.39 is 26.5 Å². The molecule has 57 heavy (non-hydrogen) atoms. The Labute approximate surface area is 349 Å². The van der Waals surface area contributed by atoms with Crippen molar-refractivity contribution in [1.29, 1.82) is 0 Å². The fourth-order valence-corrected chi connectivity index (χ4v) is 6.70. The normalized spacial score (nSPS) is 14.0. The summed E-state index contributed by atoms with van der Waals surface area (Å²) in [7, 11) is -4.29. The van der Waals surface area contributed by atoms with E-state index in [-0.39, 0.29) is 32.0 Å². The van der Waals surface area contributed by atoms with Crippen molar-refractivity contribution in [2.24, 2.45) is 0 Å². The van der Waals surface area contributed by atoms with Crippen LogP contribution in [-0.4, -0.2) is 42.8 Å². The van der Waals surface area contributed by atoms with Gasteiger partial charge in [0.15, 0.2) is 6.10 Å². The first-order valence-corrected chi connectivity index (χ1v) is 24.2. The van der Waals surface area contributed by atoms with Crippen LogP contribution in [0.15, 0.2) is 72.9 Å². The van der Waals surface area contributed by atoms with Crippen LogP contribution in [0, 0.1) is 0 Å². The van der Waals surface area contributed by atoms with E-state index in [0.29, 0.717) is 6.42 Å². The van der Waals surface area contributed by atoms with E-state index in [1.807, 2.05) is 0 Å². The molecule has 0 aromatic heterocycles. The molecular formula is C48H83O8P. The topological polar surface area (TPSA) is 108 Å². The van der Waals surface area contributed by atoms with Gasteiger partial charge in [-0.3, -0.25) is 18.6 Å². The second-order valence-corrected chi connectivity index (χ2v) is 16.1. The van der Waals surface area contributed by atoms with Crippen molar-refractivity contribution in [3.63, 3.8) is 0 Å². The number of esters is 2. The Bertz CT molecular complexity index is 1160. The van der Waals surface area contributed by atoms with E-state index in [1.54, 1.807) is 6.92 Å². The number of phosphoric acid groups is 1. The molecule has 0 amide bonds. The van der Waals surface area contributed by atoms with E-state index >= 15 is 0 Å². The molecule has 0 heterocycles. The van der Waals surface area contributed by atoms with Gasteiger partial charge >= 0.3 is 19.8 Å². The SMILES string of the molecule is CC/C=C\C/C=C\C/C=C\C/C=C\CCCCCCCCC(=O)OC(COC(=O)CCCCCCCCC/C=C\C/C=C\CCCCCC)COP(=O)(O)OCC. The van der Waals surface area contributed by atoms with Gasteiger partial charge in [0.05, 0.1) is 13.2 Å². The van der Waals surface area contributed by atoms with Crippen LogP contribution in [0.4, 0.5) is 0 Å². The van der Waals surface area contributed by atoms with Crippen molar-refractivity contribution in [1.82, 2.24) is 0 Å². The van der Waals surface area contributed by atoms with Crippen LogP contribution in [-0.2, 0) is 32.7 Å². The van der Waals surface area contributed by atoms with Crippen molar-refractivity contribution in [3.05, 3.63) is 72.9 Å². The van der Waals surface area contributed by atoms with Crippen LogP contribution in [0.25, 0.3) is 0 Å². The second kappa shape index (κ2) is 43.1. The molecule has 0 aliphatic carbocycles. The van der Waals surface area contributed by atoms with Gasteiger partial charge in [0.25, 0.3) is 0 Å². The first-order valence-electron chi connectivity index (χ1n) is 22.7. The molecule has 0 rings (SSSR count). The van der Waals surface area contributed by atoms with Gasteiger partial charge in [-0.15, -0.1) is 0 Å². The van der Waals surface area contributed by atoms with E-state index in [0.717, 1.165) is 103 Å². The van der Waals surface area contributed by atoms with Crippen molar-refractivity contribution < 1.29 is 37.6 Å². The molecule has 0 aromatic carbocycles. The number of hydrogen-bond donors (Lipinski definition) is 1. The van der Waals surface area contributed by atoms with Gasteiger partial charge in [0.2, 0.25) is 0 Å². The lowest BCUT2D eigenvalue weighted by molar-refractivity contribution is -0.161. The number of ether oxygens (including phenoxy) is 2. The lowest BCUT2D eigenvalue weighted by Crippen LogP contribution is -2.29. The lowest BCUT2D eigenvalue weighted by atomic mass is 10.1. The zero-order chi connectivity index (χ0) is 41.8. The van der Waals surface area contributed by atoms with Crippen molar-refractivity contribution in [2.45, 2.75) is 200 Å². The maximum Gasteiger partial charge on any atom is 0.472 e. The molecule has 0 fully saturated rings. The Morgan fingerprint density at radius 1 is 0.491 bits per heavy atom. The smallest absolute Gasteiger partial charge is 0.462 e. The Morgan fingerprint density at radius 2 is 0.895 bits per heavy atom. The molecule has 1 N–H and O–H groups in total. The minimum Gasteiger partial charge on any atom is -0.462 e. The van der Waals surface area contributed by atoms with Crippen molar-refractivity contribution >= 4 is 19.8 Å². The predicted molar refractivity (Wildman–Crippen MR) is 239 cm³/mol. The highest BCUT2D eigenvalue weighted by Gasteiger charge is 2.25. The Kier molecular flexibility index (Phi) is 41.2. The largest absolute Gasteiger partial charge is 0.472 e. The van der Waals surface area contributed by atoms with Crippen LogP contribution in [0.2, 0.25) is 0 Å². The maximum atomic E-state index is 12.6. The van der Waals surface area contributed by atoms with E-state index in [2.05, 4.69) is 86.8 Å². The quantitative estimate of drug-likeness (QED) is 0.0281. The van der Waals surface area contributed by atoms with E-state index in [4.69, 9.17) is 18.5 Å². The van der Waals surface area contributed by atoms with Gasteiger partial charge in [0.1, 0.15) is 6.61 Å². The number of phosphoric ester groups is 1. The molecule has 8 nitrogen and oxygen atoms in total. The number of carbonyl (C=O) groups excluding carboxylic acids is 2. The summed E-state index contributed by atoms with van der Waals surface area (Å²) in [5.74, 6) is -0.826. The lowest BCUT2D eigenvalue weighted by Gasteiger charge is -2.19. The summed E-state index contributed by atoms with van der Waals surface area (Å²) in [6, 6.07) is 0. The molecule has 0 saturated heterocycles. The molecule has 0 spiro atoms. The predicted octanol–water partition coefficient (Wildman–Crippen LogP) is 14.5. The first kappa shape index (κ1) is 54.5. The minimum absolute atomic E-state index is 0.00754. The van der Waals surface area contributed by atoms with E-state index in [9.17, 15) is 19.0 Å². The third-order valence-electron chi connectivity index (χ3n) is 9.25. The van der Waals surface area contributed by atoms with Crippen molar-refractivity contribution in [3.8, 4) is 0 Å². The highest BCUT2D eigenvalue weighted by molar-refractivity contribution is 7.47. The molecular weight excluding hydrogens is 735 g/mol. The Morgan fingerprint density at radius 3 is 1.35 bits per heavy atom. The minimum atomic E-state index is -4.29. The Balaban J connectivity index is 4.11. The monoisotopic (exact) mass is 819 g/mol. The molecule has 328 valence electrons. The summed E-state index contributed by atoms with van der Waals surface area (Å²) in [6.45, 7) is 5.32. The standard InChI is InChI=1S/C48H83O8P/c1-4-7-9-11-13-15-17-19-21-23-25-27-29-31-33-35-37-39-41-43-48(50)56-46(45-55-57(51,52)54-6-3)44-53-47(49)42-40-38-36-34-32-30-28-26-24-22-20-18-16-14-12-10-8-5-2/h7,9,13,15-16,18-19,21-22,24-25,27,46H,4-6,8,10-12,14,17,20,23,26,28-45H2,1-3H3,(H,51,52)/b9-7-,15-13-,18-16-,21-19-,24-22-,27-25-. The summed E-state index contributed by atoms with van der Waals surface area (Å²) < 4.78 is 32.7. The molecule has 0 bridgehead atoms. The van der Waals surface area contributed by atoms with Crippen LogP contribution in [0.5, 0.6) is 0 Å². The van der Waals surface area contributed by atoms with Crippen LogP contribution in [0.3, 0.4) is 0 Å². The van der Waals surface area contributed by atoms with Gasteiger partial charge in [0, 0.05) is 12.8 Å². The van der Waals surface area contributed by atoms with Crippen LogP contribution >= 0.6 is 7.82 Å². The highest BCUT2D eigenvalue weighted by atomic mass is 31.2. The number of unbranched alkanes of at least 4 members (excludes halogenated alkanes) is 17. The third-order valence-corrected chi connectivity index (χ3v) is 10.3. The average molecular weight is 819 g/mol. The molecule has 0 saturated carbocycles. The van der Waals surface area contributed by atoms with Crippen molar-refractivity contribution in [2.75, 3.05) is 19.8 Å². The number of allylic oxidation sites excluding steroid dienone is 12. The summed E-state index contributed by atoms with van der Waals surface area (Å²) in [5, 5.41) is 0. The summed E-state index contributed by atoms with van der Waals surface area (Å²) >= 11 is 0. The summed E-state index contributed by atoms with van der Waals surface area (Å²) in [6.07, 6.45) is 53.8. The fraction of sp³-hybridized carbons (Fsp3) is 0.708. The summed E-state index contributed by atoms with van der Waals surface area (Å²) in [5.41, 5.74) is 0. The highest BCUT2D eigenvalue weighted by Crippen LogP contribution is 2.43. The Hall–Kier alpha value is -2.51. The number of rotatable bonds is 41. The average Bonchev–Trinajstić information content (AvgIpc) is 3.19. The zero-order valence-electron chi connectivity index (χ0n) is 36.5. The number of carbonyl (C=O) groups is 2. The summed E-state index contributed by atoms with van der Waals surface area (Å²) in [4.78, 5) is 34.8. The maximum absolute atomic E-state index is 12.6. The molecule has 0 radical (unpaired) electrons. The van der Waals surface area contributed by atoms with Crippen LogP contribution in [0.1, 0.15) is 194 Å². The molecule has 9 heteroatoms. The second-order valence-electron chi connectivity index (χ2n) is 14.7. The van der Waals surface area contributed by atoms with Gasteiger partial charge in [-0.05, 0) is 90.4 Å². The van der Waals surface area contributed by atoms with Gasteiger partial charge in [-0.25, -0.2) is 4.57 Å². The first-order chi connectivity index (χ1) is 27.8. The molecule has 0 aliphatic rings. The molecule has 2 atom stereocenters. The molecule has 0 aromatic rings. The molecule has 0 aliphatic heterocycles. The fourth-order valence-electron chi connectivity index (χ4n) is 5.94. The number of hydrogen-bond acceptors (Lipinski definition) is 7. The third kappa shape index (κ3) is 42.9. The van der Waals surface area contributed by atoms with E-state index in [1.165, 1.54) is 51.4 Å². The zero-order valence-corrected chi connectivity index (χ0v) is 37.4. The van der Waals surface area contributed by atoms with Gasteiger partial charge < -0.3 is 14.4 Å².